The molecule has 19 heavy (non-hydrogen) atoms. The molecule has 0 saturated heterocycles. The molecule has 0 amide bonds. The third-order valence-corrected chi connectivity index (χ3v) is 3.78. The number of aryl methyl sites for hydroxylation is 1. The van der Waals surface area contributed by atoms with Crippen molar-refractivity contribution < 1.29 is 23.5 Å². The first-order chi connectivity index (χ1) is 8.81. The number of halogens is 1. The number of nitrogen functional groups attached to an aromatic ring is 1. The summed E-state index contributed by atoms with van der Waals surface area (Å²) in [5.41, 5.74) is 6.11. The van der Waals surface area contributed by atoms with Crippen LogP contribution in [0, 0.1) is 5.82 Å². The normalized spacial score (nSPS) is 12.0. The zero-order chi connectivity index (χ0) is 14.2. The lowest BCUT2D eigenvalue weighted by atomic mass is 10.1. The van der Waals surface area contributed by atoms with Gasteiger partial charge in [0.1, 0.15) is 17.1 Å². The summed E-state index contributed by atoms with van der Waals surface area (Å²) in [6, 6.07) is 1.40. The van der Waals surface area contributed by atoms with Crippen LogP contribution in [-0.4, -0.2) is 21.1 Å². The number of hydrogen-bond acceptors (Lipinski definition) is 5. The summed E-state index contributed by atoms with van der Waals surface area (Å²) >= 11 is 0.973. The van der Waals surface area contributed by atoms with Crippen molar-refractivity contribution >= 4 is 34.3 Å². The van der Waals surface area contributed by atoms with Crippen LogP contribution in [0.5, 0.6) is 5.75 Å². The molecule has 0 atom stereocenters. The van der Waals surface area contributed by atoms with Crippen LogP contribution in [0.3, 0.4) is 0 Å². The fourth-order valence-electron chi connectivity index (χ4n) is 1.61. The summed E-state index contributed by atoms with van der Waals surface area (Å²) in [5, 5.41) is 0.170. The van der Waals surface area contributed by atoms with Gasteiger partial charge in [-0.1, -0.05) is 18.3 Å². The van der Waals surface area contributed by atoms with Crippen molar-refractivity contribution in [2.45, 2.75) is 13.3 Å². The molecule has 4 N–H and O–H groups in total. The SMILES string of the molecule is CCc1cc(OCP(=O)(O)O)c2nc(N)sc2c1F. The zero-order valence-electron chi connectivity index (χ0n) is 9.96. The molecule has 6 nitrogen and oxygen atoms in total. The molecule has 0 bridgehead atoms. The van der Waals surface area contributed by atoms with Crippen LogP contribution < -0.4 is 10.5 Å². The average Bonchev–Trinajstić information content (AvgIpc) is 2.69. The van der Waals surface area contributed by atoms with Gasteiger partial charge >= 0.3 is 7.60 Å². The van der Waals surface area contributed by atoms with Crippen molar-refractivity contribution in [3.8, 4) is 5.75 Å². The second-order valence-electron chi connectivity index (χ2n) is 3.87. The third kappa shape index (κ3) is 3.03. The van der Waals surface area contributed by atoms with Crippen molar-refractivity contribution in [2.24, 2.45) is 0 Å². The van der Waals surface area contributed by atoms with Gasteiger partial charge in [-0.05, 0) is 18.1 Å². The maximum atomic E-state index is 14.0. The largest absolute Gasteiger partial charge is 0.479 e. The van der Waals surface area contributed by atoms with Crippen molar-refractivity contribution in [3.63, 3.8) is 0 Å². The fourth-order valence-corrected chi connectivity index (χ4v) is 2.73. The lowest BCUT2D eigenvalue weighted by molar-refractivity contribution is 0.302. The number of hydrogen-bond donors (Lipinski definition) is 3. The lowest BCUT2D eigenvalue weighted by Crippen LogP contribution is -2.00. The maximum absolute atomic E-state index is 14.0. The van der Waals surface area contributed by atoms with E-state index in [1.54, 1.807) is 6.92 Å². The molecule has 0 aliphatic heterocycles. The van der Waals surface area contributed by atoms with Crippen LogP contribution >= 0.6 is 18.9 Å². The van der Waals surface area contributed by atoms with E-state index < -0.39 is 19.8 Å². The Labute approximate surface area is 112 Å². The zero-order valence-corrected chi connectivity index (χ0v) is 11.7. The molecule has 2 rings (SSSR count). The summed E-state index contributed by atoms with van der Waals surface area (Å²) < 4.78 is 30.2. The monoisotopic (exact) mass is 306 g/mol. The van der Waals surface area contributed by atoms with Gasteiger partial charge in [0.15, 0.2) is 11.5 Å². The number of rotatable bonds is 4. The van der Waals surface area contributed by atoms with Gasteiger partial charge in [-0.15, -0.1) is 0 Å². The Kier molecular flexibility index (Phi) is 3.78. The van der Waals surface area contributed by atoms with E-state index in [4.69, 9.17) is 20.3 Å². The van der Waals surface area contributed by atoms with E-state index in [-0.39, 0.29) is 21.1 Å². The Balaban J connectivity index is 2.53. The van der Waals surface area contributed by atoms with E-state index in [9.17, 15) is 8.96 Å². The second kappa shape index (κ2) is 5.05. The Bertz CT molecular complexity index is 669. The summed E-state index contributed by atoms with van der Waals surface area (Å²) in [6.45, 7) is 1.77. The highest BCUT2D eigenvalue weighted by Crippen LogP contribution is 2.39. The van der Waals surface area contributed by atoms with Gasteiger partial charge in [0.25, 0.3) is 0 Å². The molecule has 9 heteroatoms. The molecule has 0 radical (unpaired) electrons. The van der Waals surface area contributed by atoms with Gasteiger partial charge in [-0.2, -0.15) is 0 Å². The number of anilines is 1. The number of aromatic nitrogens is 1. The van der Waals surface area contributed by atoms with Crippen molar-refractivity contribution in [2.75, 3.05) is 12.1 Å². The molecule has 1 aromatic carbocycles. The molecule has 0 saturated carbocycles. The second-order valence-corrected chi connectivity index (χ2v) is 6.49. The average molecular weight is 306 g/mol. The molecular weight excluding hydrogens is 294 g/mol. The number of benzene rings is 1. The highest BCUT2D eigenvalue weighted by molar-refractivity contribution is 7.51. The van der Waals surface area contributed by atoms with Gasteiger partial charge in [0.05, 0.1) is 4.70 Å². The first-order valence-electron chi connectivity index (χ1n) is 5.36. The van der Waals surface area contributed by atoms with E-state index >= 15 is 0 Å². The highest BCUT2D eigenvalue weighted by atomic mass is 32.1. The van der Waals surface area contributed by atoms with Gasteiger partial charge in [0.2, 0.25) is 0 Å². The molecule has 0 unspecified atom stereocenters. The third-order valence-electron chi connectivity index (χ3n) is 2.43. The quantitative estimate of drug-likeness (QED) is 0.747. The number of fused-ring (bicyclic) bond motifs is 1. The molecule has 104 valence electrons. The molecule has 0 fully saturated rings. The fraction of sp³-hybridized carbons (Fsp3) is 0.300. The van der Waals surface area contributed by atoms with Crippen LogP contribution in [0.25, 0.3) is 10.2 Å². The van der Waals surface area contributed by atoms with E-state index in [1.165, 1.54) is 6.07 Å². The molecule has 0 aliphatic rings. The smallest absolute Gasteiger partial charge is 0.362 e. The predicted molar refractivity (Wildman–Crippen MR) is 70.9 cm³/mol. The van der Waals surface area contributed by atoms with Gasteiger partial charge in [-0.3, -0.25) is 4.57 Å². The molecule has 1 aromatic heterocycles. The van der Waals surface area contributed by atoms with Gasteiger partial charge in [0, 0.05) is 0 Å². The first-order valence-corrected chi connectivity index (χ1v) is 7.98. The van der Waals surface area contributed by atoms with Gasteiger partial charge < -0.3 is 20.3 Å². The number of thiazole rings is 1. The van der Waals surface area contributed by atoms with Crippen molar-refractivity contribution in [3.05, 3.63) is 17.4 Å². The Morgan fingerprint density at radius 1 is 1.58 bits per heavy atom. The van der Waals surface area contributed by atoms with Crippen LogP contribution in [0.1, 0.15) is 12.5 Å². The molecule has 0 aliphatic carbocycles. The lowest BCUT2D eigenvalue weighted by Gasteiger charge is -2.10. The molecule has 0 spiro atoms. The minimum absolute atomic E-state index is 0.129. The van der Waals surface area contributed by atoms with Crippen LogP contribution in [0.2, 0.25) is 0 Å². The summed E-state index contributed by atoms with van der Waals surface area (Å²) in [7, 11) is -4.31. The Morgan fingerprint density at radius 2 is 2.26 bits per heavy atom. The first kappa shape index (κ1) is 14.2. The Morgan fingerprint density at radius 3 is 2.84 bits per heavy atom. The number of ether oxygens (including phenoxy) is 1. The van der Waals surface area contributed by atoms with Crippen molar-refractivity contribution in [1.82, 2.24) is 4.98 Å². The minimum Gasteiger partial charge on any atom is -0.479 e. The van der Waals surface area contributed by atoms with Crippen LogP contribution in [0.4, 0.5) is 9.52 Å². The number of nitrogens with zero attached hydrogens (tertiary/aromatic N) is 1. The standard InChI is InChI=1S/C10H12FN2O4PS/c1-2-5-3-6(17-4-18(14,15)16)8-9(7(5)11)19-10(12)13-8/h3H,2,4H2,1H3,(H2,12,13)(H2,14,15,16). The summed E-state index contributed by atoms with van der Waals surface area (Å²) in [5.74, 6) is -0.292. The van der Waals surface area contributed by atoms with E-state index in [2.05, 4.69) is 4.98 Å². The summed E-state index contributed by atoms with van der Waals surface area (Å²) in [6.07, 6.45) is -0.361. The summed E-state index contributed by atoms with van der Waals surface area (Å²) in [4.78, 5) is 21.5. The number of nitrogens with two attached hydrogens (primary N) is 1. The van der Waals surface area contributed by atoms with Crippen molar-refractivity contribution in [1.29, 1.82) is 0 Å². The van der Waals surface area contributed by atoms with Gasteiger partial charge in [-0.25, -0.2) is 9.37 Å². The maximum Gasteiger partial charge on any atom is 0.362 e. The van der Waals surface area contributed by atoms with E-state index in [0.29, 0.717) is 12.0 Å². The van der Waals surface area contributed by atoms with E-state index in [0.717, 1.165) is 11.3 Å². The topological polar surface area (TPSA) is 106 Å². The molecule has 2 aromatic rings. The molecular formula is C10H12FN2O4PS. The highest BCUT2D eigenvalue weighted by Gasteiger charge is 2.19. The van der Waals surface area contributed by atoms with E-state index in [1.807, 2.05) is 0 Å². The molecule has 1 heterocycles. The predicted octanol–water partition coefficient (Wildman–Crippen LogP) is 2.09. The van der Waals surface area contributed by atoms with Crippen LogP contribution in [-0.2, 0) is 11.0 Å². The Hall–Kier alpha value is -1.21. The van der Waals surface area contributed by atoms with Crippen LogP contribution in [0.15, 0.2) is 6.07 Å². The minimum atomic E-state index is -4.31.